The zero-order chi connectivity index (χ0) is 36.7. The maximum absolute atomic E-state index is 6.77. The molecule has 0 radical (unpaired) electrons. The van der Waals surface area contributed by atoms with Crippen LogP contribution >= 0.6 is 0 Å². The second-order valence-electron chi connectivity index (χ2n) is 16.1. The van der Waals surface area contributed by atoms with Crippen LogP contribution in [-0.4, -0.2) is 19.3 Å². The van der Waals surface area contributed by atoms with Crippen molar-refractivity contribution in [2.24, 2.45) is 11.8 Å². The number of aryl methyl sites for hydroxylation is 2. The van der Waals surface area contributed by atoms with Gasteiger partial charge in [-0.15, -0.1) is 41.3 Å². The Morgan fingerprint density at radius 3 is 2.38 bits per heavy atom. The third kappa shape index (κ3) is 7.57. The molecule has 7 rings (SSSR count). The molecule has 3 aromatic heterocycles. The average Bonchev–Trinajstić information content (AvgIpc) is 3.62. The Morgan fingerprint density at radius 1 is 0.887 bits per heavy atom. The minimum atomic E-state index is -0.113. The molecule has 6 heteroatoms. The molecule has 3 heterocycles. The van der Waals surface area contributed by atoms with Gasteiger partial charge in [0.25, 0.3) is 0 Å². The smallest absolute Gasteiger partial charge is 0.509 e. The van der Waals surface area contributed by atoms with E-state index in [1.807, 2.05) is 12.3 Å². The van der Waals surface area contributed by atoms with E-state index in [-0.39, 0.29) is 26.5 Å². The number of nitrogens with zero attached hydrogens (tertiary/aromatic N) is 4. The number of rotatable bonds is 10. The van der Waals surface area contributed by atoms with Gasteiger partial charge >= 0.3 is 21.1 Å². The van der Waals surface area contributed by atoms with E-state index in [0.29, 0.717) is 29.3 Å². The molecule has 0 aliphatic heterocycles. The number of fused-ring (bicyclic) bond motifs is 3. The zero-order valence-corrected chi connectivity index (χ0v) is 35.2. The molecule has 6 aromatic rings. The van der Waals surface area contributed by atoms with E-state index < -0.39 is 0 Å². The van der Waals surface area contributed by atoms with E-state index in [1.165, 1.54) is 45.5 Å². The van der Waals surface area contributed by atoms with Crippen molar-refractivity contribution in [3.63, 3.8) is 0 Å². The Bertz CT molecular complexity index is 2270. The van der Waals surface area contributed by atoms with Crippen molar-refractivity contribution in [1.29, 1.82) is 0 Å². The minimum Gasteiger partial charge on any atom is -0.509 e. The first-order valence-corrected chi connectivity index (χ1v) is 19.5. The molecule has 3 atom stereocenters. The molecular formula is C47H54N4OPt. The van der Waals surface area contributed by atoms with Crippen LogP contribution in [0.3, 0.4) is 0 Å². The Balaban J connectivity index is 0.00000481. The van der Waals surface area contributed by atoms with Crippen molar-refractivity contribution in [3.8, 4) is 23.0 Å². The van der Waals surface area contributed by atoms with Crippen molar-refractivity contribution >= 4 is 21.8 Å². The van der Waals surface area contributed by atoms with Crippen LogP contribution in [0.1, 0.15) is 116 Å². The monoisotopic (exact) mass is 885 g/mol. The fraction of sp³-hybridized carbons (Fsp3) is 0.404. The molecule has 0 amide bonds. The van der Waals surface area contributed by atoms with E-state index in [2.05, 4.69) is 144 Å². The maximum Gasteiger partial charge on any atom is 2.00 e. The fourth-order valence-electron chi connectivity index (χ4n) is 8.50. The topological polar surface area (TPSA) is 44.9 Å². The zero-order valence-electron chi connectivity index (χ0n) is 32.9. The number of ether oxygens (including phenoxy) is 1. The van der Waals surface area contributed by atoms with Crippen LogP contribution < -0.4 is 4.74 Å². The number of allylic oxidation sites excluding steroid dienone is 2. The molecule has 3 aromatic carbocycles. The molecule has 1 unspecified atom stereocenters. The summed E-state index contributed by atoms with van der Waals surface area (Å²) in [5.41, 5.74) is 10.8. The van der Waals surface area contributed by atoms with Crippen LogP contribution in [0.2, 0.25) is 0 Å². The summed E-state index contributed by atoms with van der Waals surface area (Å²) in [4.78, 5) is 4.80. The molecular weight excluding hydrogens is 832 g/mol. The second-order valence-corrected chi connectivity index (χ2v) is 16.1. The van der Waals surface area contributed by atoms with Crippen molar-refractivity contribution in [3.05, 3.63) is 119 Å². The normalized spacial score (nSPS) is 17.6. The number of para-hydroxylation sites is 1. The van der Waals surface area contributed by atoms with Crippen LogP contribution in [0.25, 0.3) is 33.3 Å². The minimum absolute atomic E-state index is 0. The molecule has 53 heavy (non-hydrogen) atoms. The van der Waals surface area contributed by atoms with E-state index in [1.54, 1.807) is 0 Å². The van der Waals surface area contributed by atoms with Gasteiger partial charge in [0, 0.05) is 40.4 Å². The van der Waals surface area contributed by atoms with E-state index in [0.717, 1.165) is 60.0 Å². The molecule has 0 saturated carbocycles. The van der Waals surface area contributed by atoms with Gasteiger partial charge in [-0.05, 0) is 84.7 Å². The number of benzene rings is 3. The quantitative estimate of drug-likeness (QED) is 0.102. The van der Waals surface area contributed by atoms with Gasteiger partial charge in [0.05, 0.1) is 5.69 Å². The van der Waals surface area contributed by atoms with Gasteiger partial charge in [-0.1, -0.05) is 104 Å². The van der Waals surface area contributed by atoms with Crippen LogP contribution in [0.5, 0.6) is 11.5 Å². The largest absolute Gasteiger partial charge is 2.00 e. The average molecular weight is 886 g/mol. The van der Waals surface area contributed by atoms with Gasteiger partial charge in [0.2, 0.25) is 0 Å². The number of hydrogen-bond acceptors (Lipinski definition) is 3. The van der Waals surface area contributed by atoms with Crippen LogP contribution in [0.15, 0.2) is 78.5 Å². The number of hydrogen-bond donors (Lipinski definition) is 0. The fourth-order valence-corrected chi connectivity index (χ4v) is 8.50. The summed E-state index contributed by atoms with van der Waals surface area (Å²) in [6.45, 7) is 20.6. The molecule has 0 bridgehead atoms. The van der Waals surface area contributed by atoms with Crippen molar-refractivity contribution in [2.75, 3.05) is 0 Å². The summed E-state index contributed by atoms with van der Waals surface area (Å²) >= 11 is 0. The maximum atomic E-state index is 6.77. The van der Waals surface area contributed by atoms with Crippen LogP contribution in [0.4, 0.5) is 0 Å². The first-order chi connectivity index (χ1) is 25.0. The molecule has 0 saturated heterocycles. The first kappa shape index (κ1) is 38.8. The summed E-state index contributed by atoms with van der Waals surface area (Å²) in [7, 11) is 0. The van der Waals surface area contributed by atoms with Crippen LogP contribution in [0, 0.1) is 24.0 Å². The SMILES string of the molecule is CCCc1nn(-c2[c-]c(Oc3[c-]c4c(cc3)c3ccccc3n4-c3cc(CC)ccn3)cc(C(C)(C)C)c2)c(CCC)c1C1C(C)=C[C@H](C)C[C@@H]1C.[Pt+2]. The Kier molecular flexibility index (Phi) is 11.6. The molecule has 5 nitrogen and oxygen atoms in total. The summed E-state index contributed by atoms with van der Waals surface area (Å²) in [6.07, 6.45) is 10.6. The number of aromatic nitrogens is 4. The van der Waals surface area contributed by atoms with Gasteiger partial charge in [0.15, 0.2) is 0 Å². The van der Waals surface area contributed by atoms with Gasteiger partial charge in [0.1, 0.15) is 5.82 Å². The van der Waals surface area contributed by atoms with Crippen molar-refractivity contribution in [2.45, 2.75) is 112 Å². The summed E-state index contributed by atoms with van der Waals surface area (Å²) in [5, 5.41) is 7.72. The van der Waals surface area contributed by atoms with Gasteiger partial charge in [-0.25, -0.2) is 4.98 Å². The van der Waals surface area contributed by atoms with Gasteiger partial charge in [-0.3, -0.25) is 4.68 Å². The number of pyridine rings is 1. The predicted molar refractivity (Wildman–Crippen MR) is 215 cm³/mol. The molecule has 1 aliphatic rings. The van der Waals surface area contributed by atoms with E-state index in [4.69, 9.17) is 14.8 Å². The Labute approximate surface area is 331 Å². The predicted octanol–water partition coefficient (Wildman–Crippen LogP) is 12.2. The summed E-state index contributed by atoms with van der Waals surface area (Å²) in [6, 6.07) is 28.7. The Hall–Kier alpha value is -3.95. The third-order valence-electron chi connectivity index (χ3n) is 10.9. The standard InChI is InChI=1S/C47H54N4O.Pt/c1-10-15-40-46(45-31(5)23-30(4)24-32(45)6)42(16-11-2)51(49-40)35-26-34(47(7,8)9)27-37(28-35)52-36-19-20-39-38-17-13-14-18-41(38)50(43(39)29-36)44-25-33(12-3)21-22-48-44;/h13-14,17-23,25-27,30,32,45H,10-12,15-16,24H2,1-9H3;/q-2;+2/t30-,32-,45?;/m0./s1. The van der Waals surface area contributed by atoms with Crippen molar-refractivity contribution in [1.82, 2.24) is 19.3 Å². The molecule has 0 fully saturated rings. The summed E-state index contributed by atoms with van der Waals surface area (Å²) < 4.78 is 11.2. The Morgan fingerprint density at radius 2 is 1.66 bits per heavy atom. The van der Waals surface area contributed by atoms with E-state index >= 15 is 0 Å². The molecule has 0 spiro atoms. The van der Waals surface area contributed by atoms with Gasteiger partial charge < -0.3 is 9.30 Å². The summed E-state index contributed by atoms with van der Waals surface area (Å²) in [5.74, 6) is 3.75. The second kappa shape index (κ2) is 15.8. The van der Waals surface area contributed by atoms with Crippen molar-refractivity contribution < 1.29 is 25.8 Å². The molecule has 1 aliphatic carbocycles. The molecule has 0 N–H and O–H groups in total. The van der Waals surface area contributed by atoms with E-state index in [9.17, 15) is 0 Å². The molecule has 278 valence electrons. The van der Waals surface area contributed by atoms with Crippen LogP contribution in [-0.2, 0) is 45.7 Å². The van der Waals surface area contributed by atoms with Gasteiger partial charge in [-0.2, -0.15) is 11.2 Å². The third-order valence-corrected chi connectivity index (χ3v) is 10.9. The first-order valence-electron chi connectivity index (χ1n) is 19.5.